The van der Waals surface area contributed by atoms with Gasteiger partial charge in [0.05, 0.1) is 7.11 Å². The van der Waals surface area contributed by atoms with Crippen LogP contribution in [0.3, 0.4) is 0 Å². The van der Waals surface area contributed by atoms with Gasteiger partial charge in [-0.1, -0.05) is 12.1 Å². The number of carbonyl (C=O) groups is 2. The van der Waals surface area contributed by atoms with Crippen LogP contribution in [0.5, 0.6) is 5.75 Å². The number of phenols is 1. The lowest BCUT2D eigenvalue weighted by molar-refractivity contribution is -0.149. The first-order chi connectivity index (χ1) is 8.37. The second-order valence-electron chi connectivity index (χ2n) is 4.35. The number of hydrogen-bond donors (Lipinski definition) is 2. The Hall–Kier alpha value is -2.04. The minimum atomic E-state index is -1.11. The lowest BCUT2D eigenvalue weighted by Crippen LogP contribution is -2.53. The third-order valence-electron chi connectivity index (χ3n) is 2.58. The second-order valence-corrected chi connectivity index (χ2v) is 4.35. The maximum Gasteiger partial charge on any atom is 0.331 e. The monoisotopic (exact) mass is 251 g/mol. The van der Waals surface area contributed by atoms with Crippen molar-refractivity contribution in [1.29, 1.82) is 0 Å². The molecule has 0 heterocycles. The minimum Gasteiger partial charge on any atom is -0.508 e. The number of methoxy groups -OCH3 is 1. The van der Waals surface area contributed by atoms with Crippen LogP contribution in [-0.4, -0.2) is 29.6 Å². The molecule has 0 aliphatic heterocycles. The van der Waals surface area contributed by atoms with Gasteiger partial charge in [0, 0.05) is 13.3 Å². The first kappa shape index (κ1) is 14.0. The zero-order valence-corrected chi connectivity index (χ0v) is 10.7. The number of phenolic OH excluding ortho intramolecular Hbond substituents is 1. The van der Waals surface area contributed by atoms with E-state index >= 15 is 0 Å². The minimum absolute atomic E-state index is 0.151. The van der Waals surface area contributed by atoms with Crippen molar-refractivity contribution in [3.8, 4) is 5.75 Å². The van der Waals surface area contributed by atoms with Crippen LogP contribution in [0.15, 0.2) is 24.3 Å². The lowest BCUT2D eigenvalue weighted by Gasteiger charge is -2.27. The van der Waals surface area contributed by atoms with E-state index < -0.39 is 11.5 Å². The number of amides is 1. The number of aromatic hydroxyl groups is 1. The molecule has 0 saturated heterocycles. The molecule has 0 saturated carbocycles. The number of nitrogens with one attached hydrogen (secondary N) is 1. The Morgan fingerprint density at radius 1 is 1.33 bits per heavy atom. The lowest BCUT2D eigenvalue weighted by atomic mass is 9.92. The molecule has 0 radical (unpaired) electrons. The molecule has 0 spiro atoms. The molecule has 98 valence electrons. The predicted molar refractivity (Wildman–Crippen MR) is 66.0 cm³/mol. The largest absolute Gasteiger partial charge is 0.508 e. The van der Waals surface area contributed by atoms with Crippen molar-refractivity contribution in [3.63, 3.8) is 0 Å². The highest BCUT2D eigenvalue weighted by atomic mass is 16.5. The summed E-state index contributed by atoms with van der Waals surface area (Å²) in [6.07, 6.45) is 0.291. The summed E-state index contributed by atoms with van der Waals surface area (Å²) >= 11 is 0. The summed E-state index contributed by atoms with van der Waals surface area (Å²) in [6, 6.07) is 6.44. The second kappa shape index (κ2) is 5.53. The van der Waals surface area contributed by atoms with Gasteiger partial charge in [-0.25, -0.2) is 4.79 Å². The van der Waals surface area contributed by atoms with Crippen LogP contribution in [0.1, 0.15) is 19.4 Å². The third kappa shape index (κ3) is 3.48. The zero-order chi connectivity index (χ0) is 13.8. The van der Waals surface area contributed by atoms with Gasteiger partial charge >= 0.3 is 5.97 Å². The molecule has 5 nitrogen and oxygen atoms in total. The van der Waals surface area contributed by atoms with Crippen molar-refractivity contribution in [1.82, 2.24) is 5.32 Å². The zero-order valence-electron chi connectivity index (χ0n) is 10.7. The average Bonchev–Trinajstić information content (AvgIpc) is 2.30. The molecule has 2 N–H and O–H groups in total. The van der Waals surface area contributed by atoms with Gasteiger partial charge in [0.1, 0.15) is 11.3 Å². The van der Waals surface area contributed by atoms with E-state index in [0.29, 0.717) is 6.42 Å². The van der Waals surface area contributed by atoms with Gasteiger partial charge in [-0.2, -0.15) is 0 Å². The molecule has 0 fully saturated rings. The number of hydrogen-bond acceptors (Lipinski definition) is 4. The average molecular weight is 251 g/mol. The molecule has 1 aromatic rings. The Bertz CT molecular complexity index is 441. The summed E-state index contributed by atoms with van der Waals surface area (Å²) in [4.78, 5) is 22.9. The molecule has 1 aromatic carbocycles. The Balaban J connectivity index is 2.94. The fraction of sp³-hybridized carbons (Fsp3) is 0.385. The van der Waals surface area contributed by atoms with Crippen molar-refractivity contribution in [2.75, 3.05) is 7.11 Å². The van der Waals surface area contributed by atoms with Gasteiger partial charge in [0.25, 0.3) is 0 Å². The molecular formula is C13H17NO4. The fourth-order valence-corrected chi connectivity index (χ4v) is 1.80. The van der Waals surface area contributed by atoms with Crippen LogP contribution in [0, 0.1) is 0 Å². The van der Waals surface area contributed by atoms with Crippen molar-refractivity contribution < 1.29 is 19.4 Å². The SMILES string of the molecule is COC(=O)[C@](C)(Cc1ccc(O)cc1)NC(C)=O. The highest BCUT2D eigenvalue weighted by Gasteiger charge is 2.35. The number of ether oxygens (including phenoxy) is 1. The summed E-state index contributed by atoms with van der Waals surface area (Å²) in [7, 11) is 1.28. The van der Waals surface area contributed by atoms with Gasteiger partial charge in [0.15, 0.2) is 0 Å². The smallest absolute Gasteiger partial charge is 0.331 e. The summed E-state index contributed by atoms with van der Waals surface area (Å²) < 4.78 is 4.71. The number of carbonyl (C=O) groups excluding carboxylic acids is 2. The predicted octanol–water partition coefficient (Wildman–Crippen LogP) is 1.00. The molecule has 0 unspecified atom stereocenters. The molecule has 1 amide bonds. The highest BCUT2D eigenvalue weighted by Crippen LogP contribution is 2.17. The number of rotatable bonds is 4. The van der Waals surface area contributed by atoms with Crippen LogP contribution in [0.2, 0.25) is 0 Å². The van der Waals surface area contributed by atoms with E-state index in [9.17, 15) is 14.7 Å². The quantitative estimate of drug-likeness (QED) is 0.783. The van der Waals surface area contributed by atoms with E-state index in [4.69, 9.17) is 4.74 Å². The van der Waals surface area contributed by atoms with Gasteiger partial charge < -0.3 is 15.2 Å². The van der Waals surface area contributed by atoms with Crippen LogP contribution in [-0.2, 0) is 20.7 Å². The van der Waals surface area contributed by atoms with Crippen molar-refractivity contribution in [2.24, 2.45) is 0 Å². The number of benzene rings is 1. The van der Waals surface area contributed by atoms with Crippen LogP contribution in [0.25, 0.3) is 0 Å². The summed E-state index contributed by atoms with van der Waals surface area (Å²) in [5.74, 6) is -0.662. The molecule has 5 heteroatoms. The first-order valence-corrected chi connectivity index (χ1v) is 5.52. The summed E-state index contributed by atoms with van der Waals surface area (Å²) in [5, 5.41) is 11.8. The van der Waals surface area contributed by atoms with E-state index in [1.54, 1.807) is 19.1 Å². The van der Waals surface area contributed by atoms with E-state index in [1.165, 1.54) is 26.2 Å². The maximum atomic E-state index is 11.8. The fourth-order valence-electron chi connectivity index (χ4n) is 1.80. The summed E-state index contributed by atoms with van der Waals surface area (Å²) in [6.45, 7) is 2.95. The topological polar surface area (TPSA) is 75.6 Å². The van der Waals surface area contributed by atoms with Crippen molar-refractivity contribution in [3.05, 3.63) is 29.8 Å². The molecule has 1 atom stereocenters. The van der Waals surface area contributed by atoms with Crippen molar-refractivity contribution in [2.45, 2.75) is 25.8 Å². The maximum absolute atomic E-state index is 11.8. The number of esters is 1. The molecule has 0 aliphatic carbocycles. The van der Waals surface area contributed by atoms with Crippen LogP contribution in [0.4, 0.5) is 0 Å². The van der Waals surface area contributed by atoms with Crippen LogP contribution < -0.4 is 5.32 Å². The molecule has 0 bridgehead atoms. The molecule has 0 aromatic heterocycles. The van der Waals surface area contributed by atoms with Gasteiger partial charge in [-0.05, 0) is 24.6 Å². The van der Waals surface area contributed by atoms with Gasteiger partial charge in [-0.3, -0.25) is 4.79 Å². The molecule has 0 aliphatic rings. The normalized spacial score (nSPS) is 13.5. The van der Waals surface area contributed by atoms with Gasteiger partial charge in [0.2, 0.25) is 5.91 Å². The van der Waals surface area contributed by atoms with Gasteiger partial charge in [-0.15, -0.1) is 0 Å². The van der Waals surface area contributed by atoms with Crippen LogP contribution >= 0.6 is 0 Å². The Labute approximate surface area is 106 Å². The standard InChI is InChI=1S/C13H17NO4/c1-9(15)14-13(2,12(17)18-3)8-10-4-6-11(16)7-5-10/h4-7,16H,8H2,1-3H3,(H,14,15)/t13-/m0/s1. The third-order valence-corrected chi connectivity index (χ3v) is 2.58. The van der Waals surface area contributed by atoms with E-state index in [1.807, 2.05) is 0 Å². The van der Waals surface area contributed by atoms with E-state index in [2.05, 4.69) is 5.32 Å². The Morgan fingerprint density at radius 3 is 2.33 bits per heavy atom. The molecular weight excluding hydrogens is 234 g/mol. The molecule has 1 rings (SSSR count). The Morgan fingerprint density at radius 2 is 1.89 bits per heavy atom. The molecule has 18 heavy (non-hydrogen) atoms. The Kier molecular flexibility index (Phi) is 4.31. The van der Waals surface area contributed by atoms with Crippen molar-refractivity contribution >= 4 is 11.9 Å². The van der Waals surface area contributed by atoms with E-state index in [-0.39, 0.29) is 11.7 Å². The highest BCUT2D eigenvalue weighted by molar-refractivity contribution is 5.87. The first-order valence-electron chi connectivity index (χ1n) is 5.52. The van der Waals surface area contributed by atoms with E-state index in [0.717, 1.165) is 5.56 Å². The summed E-state index contributed by atoms with van der Waals surface area (Å²) in [5.41, 5.74) is -0.299.